The van der Waals surface area contributed by atoms with Crippen molar-refractivity contribution in [3.05, 3.63) is 38.9 Å². The van der Waals surface area contributed by atoms with E-state index in [1.165, 1.54) is 22.5 Å². The molecule has 146 valence electrons. The maximum Gasteiger partial charge on any atom is 0.314 e. The maximum atomic E-state index is 13.1. The van der Waals surface area contributed by atoms with Crippen molar-refractivity contribution in [1.82, 2.24) is 14.3 Å². The van der Waals surface area contributed by atoms with Crippen molar-refractivity contribution < 1.29 is 18.3 Å². The summed E-state index contributed by atoms with van der Waals surface area (Å²) < 4.78 is 27.3. The monoisotopic (exact) mass is 395 g/mol. The number of hydrogen-bond donors (Lipinski definition) is 3. The van der Waals surface area contributed by atoms with Gasteiger partial charge in [0, 0.05) is 13.1 Å². The van der Waals surface area contributed by atoms with Crippen LogP contribution in [0.15, 0.2) is 32.7 Å². The molecule has 0 radical (unpaired) electrons. The van der Waals surface area contributed by atoms with Crippen LogP contribution >= 0.6 is 0 Å². The minimum atomic E-state index is -3.94. The summed E-state index contributed by atoms with van der Waals surface area (Å²) in [6, 6.07) is 4.02. The lowest BCUT2D eigenvalue weighted by Crippen LogP contribution is -2.49. The summed E-state index contributed by atoms with van der Waals surface area (Å²) in [5.41, 5.74) is -2.28. The highest BCUT2D eigenvalue weighted by Crippen LogP contribution is 2.37. The van der Waals surface area contributed by atoms with E-state index in [0.29, 0.717) is 31.2 Å². The first kappa shape index (κ1) is 19.3. The lowest BCUT2D eigenvalue weighted by molar-refractivity contribution is -0.151. The number of aromatic nitrogens is 2. The Morgan fingerprint density at radius 1 is 1.22 bits per heavy atom. The number of nitrogens with zero attached hydrogens (tertiary/aromatic N) is 1. The van der Waals surface area contributed by atoms with Crippen molar-refractivity contribution in [2.45, 2.75) is 37.5 Å². The van der Waals surface area contributed by atoms with Gasteiger partial charge in [0.1, 0.15) is 0 Å². The van der Waals surface area contributed by atoms with Crippen molar-refractivity contribution >= 4 is 27.0 Å². The van der Waals surface area contributed by atoms with Gasteiger partial charge in [0.05, 0.1) is 21.3 Å². The van der Waals surface area contributed by atoms with Crippen molar-refractivity contribution in [2.24, 2.45) is 5.41 Å². The highest BCUT2D eigenvalue weighted by molar-refractivity contribution is 7.89. The number of fused-ring (bicyclic) bond motifs is 1. The highest BCUT2D eigenvalue weighted by Gasteiger charge is 2.44. The number of carboxylic acid groups (broad SMARTS) is 1. The van der Waals surface area contributed by atoms with Gasteiger partial charge in [0.2, 0.25) is 10.0 Å². The molecule has 2 heterocycles. The smallest absolute Gasteiger partial charge is 0.314 e. The summed E-state index contributed by atoms with van der Waals surface area (Å²) in [6.45, 7) is 2.03. The van der Waals surface area contributed by atoms with Crippen LogP contribution in [0.2, 0.25) is 0 Å². The van der Waals surface area contributed by atoms with E-state index in [2.05, 4.69) is 9.97 Å². The third-order valence-corrected chi connectivity index (χ3v) is 6.90. The summed E-state index contributed by atoms with van der Waals surface area (Å²) in [4.78, 5) is 39.4. The van der Waals surface area contributed by atoms with Crippen LogP contribution in [0.4, 0.5) is 0 Å². The van der Waals surface area contributed by atoms with Gasteiger partial charge in [-0.3, -0.25) is 14.4 Å². The molecule has 3 N–H and O–H groups in total. The summed E-state index contributed by atoms with van der Waals surface area (Å²) in [5.74, 6) is -0.982. The Bertz CT molecular complexity index is 1100. The fourth-order valence-corrected chi connectivity index (χ4v) is 5.25. The van der Waals surface area contributed by atoms with E-state index in [1.54, 1.807) is 0 Å². The first-order valence-corrected chi connectivity index (χ1v) is 10.1. The molecule has 1 saturated heterocycles. The average Bonchev–Trinajstić information content (AvgIpc) is 2.62. The molecule has 10 heteroatoms. The van der Waals surface area contributed by atoms with Crippen LogP contribution in [0.3, 0.4) is 0 Å². The SMILES string of the molecule is CCCC1(C(=O)O)CCCN(S(=O)(=O)c2ccc3[nH]c(=O)c(=O)[nH]c3c2)C1. The van der Waals surface area contributed by atoms with Gasteiger partial charge in [-0.1, -0.05) is 13.3 Å². The summed E-state index contributed by atoms with van der Waals surface area (Å²) in [7, 11) is -3.94. The molecule has 0 aliphatic carbocycles. The molecule has 27 heavy (non-hydrogen) atoms. The van der Waals surface area contributed by atoms with Gasteiger partial charge in [-0.2, -0.15) is 4.31 Å². The molecule has 0 spiro atoms. The highest BCUT2D eigenvalue weighted by atomic mass is 32.2. The van der Waals surface area contributed by atoms with Gasteiger partial charge < -0.3 is 15.1 Å². The lowest BCUT2D eigenvalue weighted by Gasteiger charge is -2.39. The lowest BCUT2D eigenvalue weighted by atomic mass is 9.77. The van der Waals surface area contributed by atoms with Crippen LogP contribution in [0.1, 0.15) is 32.6 Å². The number of hydrogen-bond acceptors (Lipinski definition) is 5. The minimum absolute atomic E-state index is 0.0598. The minimum Gasteiger partial charge on any atom is -0.481 e. The van der Waals surface area contributed by atoms with E-state index in [1.807, 2.05) is 6.92 Å². The number of aliphatic carboxylic acids is 1. The molecule has 0 bridgehead atoms. The van der Waals surface area contributed by atoms with Gasteiger partial charge in [-0.15, -0.1) is 0 Å². The number of nitrogens with one attached hydrogen (secondary N) is 2. The Balaban J connectivity index is 2.01. The second kappa shape index (κ2) is 6.93. The molecule has 1 aliphatic heterocycles. The predicted octanol–water partition coefficient (Wildman–Crippen LogP) is 0.872. The molecule has 1 aliphatic rings. The molecule has 2 aromatic rings. The third-order valence-electron chi connectivity index (χ3n) is 5.06. The van der Waals surface area contributed by atoms with Crippen LogP contribution in [-0.4, -0.2) is 46.9 Å². The number of sulfonamides is 1. The van der Waals surface area contributed by atoms with Crippen LogP contribution in [-0.2, 0) is 14.8 Å². The topological polar surface area (TPSA) is 140 Å². The molecule has 3 rings (SSSR count). The third kappa shape index (κ3) is 3.42. The quantitative estimate of drug-likeness (QED) is 0.642. The standard InChI is InChI=1S/C17H21N3O6S/c1-2-6-17(16(23)24)7-3-8-20(10-17)27(25,26)11-4-5-12-13(9-11)19-15(22)14(21)18-12/h4-5,9H,2-3,6-8,10H2,1H3,(H,18,21)(H,19,22)(H,23,24). The number of benzene rings is 1. The van der Waals surface area contributed by atoms with E-state index >= 15 is 0 Å². The molecule has 0 saturated carbocycles. The normalized spacial score (nSPS) is 21.4. The zero-order valence-electron chi connectivity index (χ0n) is 14.8. The molecule has 1 aromatic carbocycles. The second-order valence-electron chi connectivity index (χ2n) is 6.89. The fraction of sp³-hybridized carbons (Fsp3) is 0.471. The van der Waals surface area contributed by atoms with Gasteiger partial charge in [0.15, 0.2) is 0 Å². The zero-order chi connectivity index (χ0) is 19.8. The maximum absolute atomic E-state index is 13.1. The number of carboxylic acids is 1. The van der Waals surface area contributed by atoms with E-state index in [-0.39, 0.29) is 23.5 Å². The van der Waals surface area contributed by atoms with E-state index in [0.717, 1.165) is 0 Å². The first-order chi connectivity index (χ1) is 12.7. The van der Waals surface area contributed by atoms with Gasteiger partial charge in [-0.25, -0.2) is 8.42 Å². The fourth-order valence-electron chi connectivity index (χ4n) is 3.66. The largest absolute Gasteiger partial charge is 0.481 e. The van der Waals surface area contributed by atoms with Crippen LogP contribution < -0.4 is 11.1 Å². The van der Waals surface area contributed by atoms with E-state index in [9.17, 15) is 27.9 Å². The Morgan fingerprint density at radius 2 is 1.89 bits per heavy atom. The Kier molecular flexibility index (Phi) is 4.96. The summed E-state index contributed by atoms with van der Waals surface area (Å²) in [5, 5.41) is 9.68. The van der Waals surface area contributed by atoms with E-state index < -0.39 is 32.5 Å². The first-order valence-electron chi connectivity index (χ1n) is 8.69. The number of aromatic amines is 2. The van der Waals surface area contributed by atoms with Crippen molar-refractivity contribution in [3.63, 3.8) is 0 Å². The van der Waals surface area contributed by atoms with Gasteiger partial charge in [-0.05, 0) is 37.5 Å². The summed E-state index contributed by atoms with van der Waals surface area (Å²) >= 11 is 0. The van der Waals surface area contributed by atoms with Crippen molar-refractivity contribution in [2.75, 3.05) is 13.1 Å². The van der Waals surface area contributed by atoms with Crippen LogP contribution in [0.25, 0.3) is 11.0 Å². The van der Waals surface area contributed by atoms with Crippen LogP contribution in [0, 0.1) is 5.41 Å². The number of piperidine rings is 1. The number of carbonyl (C=O) groups is 1. The molecule has 1 aromatic heterocycles. The summed E-state index contributed by atoms with van der Waals surface area (Å²) in [6.07, 6.45) is 1.95. The second-order valence-corrected chi connectivity index (χ2v) is 8.83. The van der Waals surface area contributed by atoms with E-state index in [4.69, 9.17) is 0 Å². The molecule has 1 fully saturated rings. The van der Waals surface area contributed by atoms with Crippen molar-refractivity contribution in [1.29, 1.82) is 0 Å². The Labute approximate surface area is 155 Å². The molecule has 1 atom stereocenters. The Hall–Kier alpha value is -2.46. The molecular formula is C17H21N3O6S. The number of rotatable bonds is 5. The van der Waals surface area contributed by atoms with Gasteiger partial charge in [0.25, 0.3) is 0 Å². The molecule has 1 unspecified atom stereocenters. The average molecular weight is 395 g/mol. The zero-order valence-corrected chi connectivity index (χ0v) is 15.6. The number of H-pyrrole nitrogens is 2. The predicted molar refractivity (Wildman–Crippen MR) is 98.2 cm³/mol. The Morgan fingerprint density at radius 3 is 2.52 bits per heavy atom. The molecule has 0 amide bonds. The molecule has 9 nitrogen and oxygen atoms in total. The van der Waals surface area contributed by atoms with Crippen molar-refractivity contribution in [3.8, 4) is 0 Å². The van der Waals surface area contributed by atoms with Gasteiger partial charge >= 0.3 is 17.1 Å². The van der Waals surface area contributed by atoms with Crippen LogP contribution in [0.5, 0.6) is 0 Å². The molecular weight excluding hydrogens is 374 g/mol.